The molecular weight excluding hydrogens is 444 g/mol. The highest BCUT2D eigenvalue weighted by Crippen LogP contribution is 2.26. The van der Waals surface area contributed by atoms with Gasteiger partial charge in [-0.15, -0.1) is 11.8 Å². The second-order valence-electron chi connectivity index (χ2n) is 7.07. The molecule has 30 heavy (non-hydrogen) atoms. The number of morpholine rings is 1. The standard InChI is InChI=1S/C21H25ClN2O4S2/c1-15-3-8-19(13-20(15)30(26,27)24-9-11-28-12-10-24)23-21(25)16(2)29-14-17-4-6-18(22)7-5-17/h3-8,13,16H,9-12,14H2,1-2H3,(H,23,25). The molecule has 1 heterocycles. The van der Waals surface area contributed by atoms with Crippen molar-refractivity contribution in [3.63, 3.8) is 0 Å². The maximum Gasteiger partial charge on any atom is 0.243 e. The molecule has 1 saturated heterocycles. The van der Waals surface area contributed by atoms with Gasteiger partial charge in [-0.25, -0.2) is 8.42 Å². The number of benzene rings is 2. The molecule has 0 saturated carbocycles. The molecule has 6 nitrogen and oxygen atoms in total. The maximum absolute atomic E-state index is 13.0. The third-order valence-electron chi connectivity index (χ3n) is 4.83. The van der Waals surface area contributed by atoms with Gasteiger partial charge in [0.15, 0.2) is 0 Å². The van der Waals surface area contributed by atoms with Crippen LogP contribution in [0.4, 0.5) is 5.69 Å². The first-order valence-corrected chi connectivity index (χ1v) is 12.5. The Morgan fingerprint density at radius 2 is 1.87 bits per heavy atom. The number of carbonyl (C=O) groups excluding carboxylic acids is 1. The van der Waals surface area contributed by atoms with Crippen LogP contribution in [0.3, 0.4) is 0 Å². The van der Waals surface area contributed by atoms with Crippen LogP contribution in [-0.2, 0) is 25.3 Å². The minimum Gasteiger partial charge on any atom is -0.379 e. The largest absolute Gasteiger partial charge is 0.379 e. The van der Waals surface area contributed by atoms with E-state index < -0.39 is 10.0 Å². The molecule has 1 amide bonds. The van der Waals surface area contributed by atoms with E-state index in [4.69, 9.17) is 16.3 Å². The number of hydrogen-bond donors (Lipinski definition) is 1. The number of amides is 1. The van der Waals surface area contributed by atoms with Crippen LogP contribution in [0.25, 0.3) is 0 Å². The predicted molar refractivity (Wildman–Crippen MR) is 122 cm³/mol. The fourth-order valence-electron chi connectivity index (χ4n) is 3.00. The average molecular weight is 469 g/mol. The fourth-order valence-corrected chi connectivity index (χ4v) is 5.63. The van der Waals surface area contributed by atoms with E-state index in [9.17, 15) is 13.2 Å². The molecule has 2 aromatic rings. The summed E-state index contributed by atoms with van der Waals surface area (Å²) < 4.78 is 32.7. The molecule has 1 unspecified atom stereocenters. The highest BCUT2D eigenvalue weighted by molar-refractivity contribution is 7.99. The lowest BCUT2D eigenvalue weighted by atomic mass is 10.2. The zero-order valence-electron chi connectivity index (χ0n) is 16.9. The molecule has 1 aliphatic heterocycles. The van der Waals surface area contributed by atoms with E-state index in [1.807, 2.05) is 31.2 Å². The first kappa shape index (κ1) is 23.1. The summed E-state index contributed by atoms with van der Waals surface area (Å²) in [5, 5.41) is 3.21. The van der Waals surface area contributed by atoms with Gasteiger partial charge in [0.2, 0.25) is 15.9 Å². The molecule has 0 bridgehead atoms. The number of halogens is 1. The van der Waals surface area contributed by atoms with E-state index in [-0.39, 0.29) is 16.1 Å². The van der Waals surface area contributed by atoms with Crippen LogP contribution >= 0.6 is 23.4 Å². The van der Waals surface area contributed by atoms with E-state index in [0.717, 1.165) is 5.56 Å². The Kier molecular flexibility index (Phi) is 7.81. The topological polar surface area (TPSA) is 75.7 Å². The summed E-state index contributed by atoms with van der Waals surface area (Å²) in [6.07, 6.45) is 0. The van der Waals surface area contributed by atoms with Crippen molar-refractivity contribution in [1.82, 2.24) is 4.31 Å². The van der Waals surface area contributed by atoms with Crippen LogP contribution < -0.4 is 5.32 Å². The van der Waals surface area contributed by atoms with Crippen LogP contribution in [0.5, 0.6) is 0 Å². The fraction of sp³-hybridized carbons (Fsp3) is 0.381. The first-order chi connectivity index (χ1) is 14.3. The van der Waals surface area contributed by atoms with E-state index in [0.29, 0.717) is 48.3 Å². The molecule has 9 heteroatoms. The normalized spacial score (nSPS) is 16.2. The lowest BCUT2D eigenvalue weighted by molar-refractivity contribution is -0.115. The SMILES string of the molecule is Cc1ccc(NC(=O)C(C)SCc2ccc(Cl)cc2)cc1S(=O)(=O)N1CCOCC1. The smallest absolute Gasteiger partial charge is 0.243 e. The summed E-state index contributed by atoms with van der Waals surface area (Å²) in [7, 11) is -3.64. The highest BCUT2D eigenvalue weighted by Gasteiger charge is 2.28. The molecule has 2 aromatic carbocycles. The molecule has 3 rings (SSSR count). The third kappa shape index (κ3) is 5.76. The summed E-state index contributed by atoms with van der Waals surface area (Å²) in [5.41, 5.74) is 2.19. The van der Waals surface area contributed by atoms with Gasteiger partial charge in [-0.1, -0.05) is 29.8 Å². The van der Waals surface area contributed by atoms with Gasteiger partial charge in [-0.3, -0.25) is 4.79 Å². The number of ether oxygens (including phenoxy) is 1. The molecular formula is C21H25ClN2O4S2. The van der Waals surface area contributed by atoms with E-state index in [2.05, 4.69) is 5.32 Å². The number of aryl methyl sites for hydroxylation is 1. The number of sulfonamides is 1. The minimum atomic E-state index is -3.64. The number of anilines is 1. The maximum atomic E-state index is 13.0. The minimum absolute atomic E-state index is 0.174. The lowest BCUT2D eigenvalue weighted by Crippen LogP contribution is -2.40. The molecule has 0 aromatic heterocycles. The average Bonchev–Trinajstić information content (AvgIpc) is 2.75. The molecule has 1 fully saturated rings. The zero-order valence-corrected chi connectivity index (χ0v) is 19.3. The molecule has 0 radical (unpaired) electrons. The Balaban J connectivity index is 1.66. The number of nitrogens with zero attached hydrogens (tertiary/aromatic N) is 1. The van der Waals surface area contributed by atoms with Crippen LogP contribution in [0.15, 0.2) is 47.4 Å². The van der Waals surface area contributed by atoms with Crippen molar-refractivity contribution in [2.24, 2.45) is 0 Å². The summed E-state index contributed by atoms with van der Waals surface area (Å²) in [6, 6.07) is 12.5. The van der Waals surface area contributed by atoms with Gasteiger partial charge in [0.1, 0.15) is 0 Å². The quantitative estimate of drug-likeness (QED) is 0.666. The number of thioether (sulfide) groups is 1. The summed E-state index contributed by atoms with van der Waals surface area (Å²) in [6.45, 7) is 5.01. The van der Waals surface area contributed by atoms with Crippen molar-refractivity contribution in [3.8, 4) is 0 Å². The Bertz CT molecular complexity index is 991. The van der Waals surface area contributed by atoms with Gasteiger partial charge in [0.25, 0.3) is 0 Å². The number of carbonyl (C=O) groups is 1. The monoisotopic (exact) mass is 468 g/mol. The Hall–Kier alpha value is -1.58. The number of hydrogen-bond acceptors (Lipinski definition) is 5. The number of rotatable bonds is 7. The van der Waals surface area contributed by atoms with Crippen LogP contribution in [-0.4, -0.2) is 50.2 Å². The zero-order chi connectivity index (χ0) is 21.7. The predicted octanol–water partition coefficient (Wildman–Crippen LogP) is 3.93. The molecule has 1 atom stereocenters. The van der Waals surface area contributed by atoms with Gasteiger partial charge in [0.05, 0.1) is 23.4 Å². The van der Waals surface area contributed by atoms with E-state index in [1.54, 1.807) is 19.1 Å². The molecule has 0 spiro atoms. The van der Waals surface area contributed by atoms with Gasteiger partial charge in [-0.05, 0) is 49.2 Å². The summed E-state index contributed by atoms with van der Waals surface area (Å²) in [4.78, 5) is 12.8. The summed E-state index contributed by atoms with van der Waals surface area (Å²) >= 11 is 7.40. The molecule has 0 aliphatic carbocycles. The first-order valence-electron chi connectivity index (χ1n) is 9.63. The summed E-state index contributed by atoms with van der Waals surface area (Å²) in [5.74, 6) is 0.503. The molecule has 1 N–H and O–H groups in total. The van der Waals surface area contributed by atoms with Crippen LogP contribution in [0, 0.1) is 6.92 Å². The van der Waals surface area contributed by atoms with Gasteiger partial charge in [-0.2, -0.15) is 4.31 Å². The van der Waals surface area contributed by atoms with Crippen molar-refractivity contribution < 1.29 is 17.9 Å². The van der Waals surface area contributed by atoms with E-state index in [1.165, 1.54) is 22.1 Å². The van der Waals surface area contributed by atoms with Gasteiger partial charge >= 0.3 is 0 Å². The van der Waals surface area contributed by atoms with E-state index >= 15 is 0 Å². The van der Waals surface area contributed by atoms with Gasteiger partial charge < -0.3 is 10.1 Å². The van der Waals surface area contributed by atoms with Crippen LogP contribution in [0.1, 0.15) is 18.1 Å². The number of nitrogens with one attached hydrogen (secondary N) is 1. The van der Waals surface area contributed by atoms with Crippen molar-refractivity contribution in [2.45, 2.75) is 29.7 Å². The van der Waals surface area contributed by atoms with Gasteiger partial charge in [0, 0.05) is 29.6 Å². The molecule has 162 valence electrons. The van der Waals surface area contributed by atoms with Crippen LogP contribution in [0.2, 0.25) is 5.02 Å². The molecule has 1 aliphatic rings. The Labute approximate surface area is 187 Å². The highest BCUT2D eigenvalue weighted by atomic mass is 35.5. The lowest BCUT2D eigenvalue weighted by Gasteiger charge is -2.27. The van der Waals surface area contributed by atoms with Crippen molar-refractivity contribution in [3.05, 3.63) is 58.6 Å². The van der Waals surface area contributed by atoms with Crippen molar-refractivity contribution in [2.75, 3.05) is 31.6 Å². The van der Waals surface area contributed by atoms with Crippen molar-refractivity contribution >= 4 is 45.0 Å². The second kappa shape index (κ2) is 10.2. The van der Waals surface area contributed by atoms with Crippen molar-refractivity contribution in [1.29, 1.82) is 0 Å². The third-order valence-corrected chi connectivity index (χ3v) is 8.33. The Morgan fingerprint density at radius 3 is 2.53 bits per heavy atom. The Morgan fingerprint density at radius 1 is 1.20 bits per heavy atom. The second-order valence-corrected chi connectivity index (χ2v) is 10.7.